The molecule has 0 aliphatic rings. The minimum atomic E-state index is 0.220. The highest BCUT2D eigenvalue weighted by molar-refractivity contribution is 6.34. The van der Waals surface area contributed by atoms with Gasteiger partial charge in [-0.25, -0.2) is 19.6 Å². The van der Waals surface area contributed by atoms with Crippen molar-refractivity contribution in [1.29, 1.82) is 0 Å². The summed E-state index contributed by atoms with van der Waals surface area (Å²) < 4.78 is 1.78. The molecule has 0 saturated heterocycles. The number of anilines is 1. The number of hydrogen-bond donors (Lipinski definition) is 1. The molecule has 24 heavy (non-hydrogen) atoms. The lowest BCUT2D eigenvalue weighted by Gasteiger charge is -2.12. The van der Waals surface area contributed by atoms with E-state index >= 15 is 0 Å². The lowest BCUT2D eigenvalue weighted by molar-refractivity contribution is 0.690. The topological polar surface area (TPSA) is 82.5 Å². The van der Waals surface area contributed by atoms with Crippen molar-refractivity contribution in [3.63, 3.8) is 0 Å². The average molecular weight is 345 g/mol. The van der Waals surface area contributed by atoms with Crippen LogP contribution in [0.1, 0.15) is 56.6 Å². The lowest BCUT2D eigenvalue weighted by Crippen LogP contribution is -2.09. The van der Waals surface area contributed by atoms with Crippen molar-refractivity contribution in [2.24, 2.45) is 0 Å². The lowest BCUT2D eigenvalue weighted by atomic mass is 10.1. The van der Waals surface area contributed by atoms with Gasteiger partial charge in [0.05, 0.1) is 17.6 Å². The van der Waals surface area contributed by atoms with Gasteiger partial charge in [-0.2, -0.15) is 5.10 Å². The predicted octanol–water partition coefficient (Wildman–Crippen LogP) is 3.75. The number of aromatic nitrogens is 5. The molecule has 0 spiro atoms. The first-order valence-corrected chi connectivity index (χ1v) is 8.39. The molecule has 0 saturated carbocycles. The summed E-state index contributed by atoms with van der Waals surface area (Å²) in [6, 6.07) is 3.78. The molecule has 3 rings (SSSR count). The maximum absolute atomic E-state index is 6.41. The van der Waals surface area contributed by atoms with Crippen LogP contribution in [0, 0.1) is 0 Å². The van der Waals surface area contributed by atoms with Gasteiger partial charge in [-0.1, -0.05) is 45.4 Å². The number of rotatable bonds is 4. The minimum absolute atomic E-state index is 0.220. The highest BCUT2D eigenvalue weighted by Crippen LogP contribution is 2.30. The number of halogens is 1. The zero-order valence-electron chi connectivity index (χ0n) is 14.3. The summed E-state index contributed by atoms with van der Waals surface area (Å²) in [6.45, 7) is 8.81. The van der Waals surface area contributed by atoms with Crippen LogP contribution in [0.5, 0.6) is 0 Å². The van der Waals surface area contributed by atoms with Gasteiger partial charge in [-0.3, -0.25) is 0 Å². The number of pyridine rings is 1. The third-order valence-corrected chi connectivity index (χ3v) is 4.17. The maximum atomic E-state index is 6.41. The second-order valence-corrected chi connectivity index (χ2v) is 6.83. The summed E-state index contributed by atoms with van der Waals surface area (Å²) in [5, 5.41) is 5.71. The van der Waals surface area contributed by atoms with Gasteiger partial charge in [0.1, 0.15) is 11.6 Å². The third kappa shape index (κ3) is 2.94. The van der Waals surface area contributed by atoms with E-state index in [1.165, 1.54) is 0 Å². The summed E-state index contributed by atoms with van der Waals surface area (Å²) in [7, 11) is 0. The Morgan fingerprint density at radius 1 is 1.17 bits per heavy atom. The summed E-state index contributed by atoms with van der Waals surface area (Å²) in [5.41, 5.74) is 8.51. The largest absolute Gasteiger partial charge is 0.383 e. The predicted molar refractivity (Wildman–Crippen MR) is 96.3 cm³/mol. The van der Waals surface area contributed by atoms with Gasteiger partial charge in [0.2, 0.25) is 0 Å². The van der Waals surface area contributed by atoms with Crippen LogP contribution in [-0.4, -0.2) is 24.7 Å². The minimum Gasteiger partial charge on any atom is -0.383 e. The van der Waals surface area contributed by atoms with E-state index < -0.39 is 0 Å². The first-order chi connectivity index (χ1) is 11.4. The van der Waals surface area contributed by atoms with E-state index in [9.17, 15) is 0 Å². The quantitative estimate of drug-likeness (QED) is 0.779. The van der Waals surface area contributed by atoms with E-state index in [1.807, 2.05) is 12.1 Å². The molecule has 0 unspecified atom stereocenters. The van der Waals surface area contributed by atoms with E-state index in [-0.39, 0.29) is 11.8 Å². The number of hydrogen-bond acceptors (Lipinski definition) is 5. The van der Waals surface area contributed by atoms with Gasteiger partial charge in [0.25, 0.3) is 0 Å². The van der Waals surface area contributed by atoms with Crippen molar-refractivity contribution in [1.82, 2.24) is 24.7 Å². The second kappa shape index (κ2) is 6.36. The number of nitrogens with zero attached hydrogens (tertiary/aromatic N) is 5. The molecule has 2 N–H and O–H groups in total. The summed E-state index contributed by atoms with van der Waals surface area (Å²) in [5.74, 6) is 1.73. The van der Waals surface area contributed by atoms with Gasteiger partial charge < -0.3 is 5.73 Å². The molecule has 0 aromatic carbocycles. The van der Waals surface area contributed by atoms with Crippen molar-refractivity contribution in [3.05, 3.63) is 40.6 Å². The van der Waals surface area contributed by atoms with E-state index in [0.717, 1.165) is 28.1 Å². The molecule has 0 bridgehead atoms. The highest BCUT2D eigenvalue weighted by Gasteiger charge is 2.20. The fourth-order valence-electron chi connectivity index (χ4n) is 2.60. The SMILES string of the molecule is CC(C)c1nc(C(C)C)c2c(Cl)nn(Cc3cccnc3N)c2n1. The van der Waals surface area contributed by atoms with Crippen molar-refractivity contribution in [2.75, 3.05) is 5.73 Å². The Bertz CT molecular complexity index is 884. The molecule has 3 aromatic rings. The van der Waals surface area contributed by atoms with E-state index in [4.69, 9.17) is 27.3 Å². The molecular formula is C17H21ClN6. The smallest absolute Gasteiger partial charge is 0.163 e. The van der Waals surface area contributed by atoms with Crippen LogP contribution < -0.4 is 5.73 Å². The number of fused-ring (bicyclic) bond motifs is 1. The molecule has 7 heteroatoms. The Hall–Kier alpha value is -2.21. The maximum Gasteiger partial charge on any atom is 0.163 e. The van der Waals surface area contributed by atoms with Gasteiger partial charge in [0.15, 0.2) is 10.8 Å². The van der Waals surface area contributed by atoms with E-state index in [0.29, 0.717) is 17.5 Å². The van der Waals surface area contributed by atoms with Crippen molar-refractivity contribution < 1.29 is 0 Å². The third-order valence-electron chi connectivity index (χ3n) is 3.90. The van der Waals surface area contributed by atoms with Crippen molar-refractivity contribution >= 4 is 28.5 Å². The zero-order chi connectivity index (χ0) is 17.4. The summed E-state index contributed by atoms with van der Waals surface area (Å²) in [6.07, 6.45) is 1.67. The molecule has 0 radical (unpaired) electrons. The number of nitrogens with two attached hydrogens (primary N) is 1. The van der Waals surface area contributed by atoms with E-state index in [2.05, 4.69) is 37.8 Å². The Balaban J connectivity index is 2.21. The van der Waals surface area contributed by atoms with Crippen molar-refractivity contribution in [2.45, 2.75) is 46.1 Å². The van der Waals surface area contributed by atoms with Crippen LogP contribution in [0.25, 0.3) is 11.0 Å². The molecule has 126 valence electrons. The molecule has 3 heterocycles. The van der Waals surface area contributed by atoms with Crippen LogP contribution in [0.15, 0.2) is 18.3 Å². The highest BCUT2D eigenvalue weighted by atomic mass is 35.5. The number of nitrogen functional groups attached to an aromatic ring is 1. The summed E-state index contributed by atoms with van der Waals surface area (Å²) >= 11 is 6.41. The molecule has 0 amide bonds. The normalized spacial score (nSPS) is 11.8. The van der Waals surface area contributed by atoms with Crippen LogP contribution >= 0.6 is 11.6 Å². The van der Waals surface area contributed by atoms with Crippen molar-refractivity contribution in [3.8, 4) is 0 Å². The fraction of sp³-hybridized carbons (Fsp3) is 0.412. The van der Waals surface area contributed by atoms with Crippen LogP contribution in [0.2, 0.25) is 5.15 Å². The summed E-state index contributed by atoms with van der Waals surface area (Å²) in [4.78, 5) is 13.5. The van der Waals surface area contributed by atoms with Gasteiger partial charge in [-0.15, -0.1) is 0 Å². The Labute approximate surface area is 146 Å². The first kappa shape index (κ1) is 16.6. The molecule has 0 atom stereocenters. The standard InChI is InChI=1S/C17H21ClN6/c1-9(2)13-12-14(18)23-24(8-11-6-5-7-20-15(11)19)17(12)22-16(21-13)10(3)4/h5-7,9-10H,8H2,1-4H3,(H2,19,20). The monoisotopic (exact) mass is 344 g/mol. The molecule has 0 aliphatic carbocycles. The molecule has 3 aromatic heterocycles. The van der Waals surface area contributed by atoms with Gasteiger partial charge in [0, 0.05) is 17.7 Å². The molecule has 6 nitrogen and oxygen atoms in total. The molecule has 0 aliphatic heterocycles. The van der Waals surface area contributed by atoms with Crippen LogP contribution in [0.4, 0.5) is 5.82 Å². The first-order valence-electron chi connectivity index (χ1n) is 8.01. The fourth-order valence-corrected chi connectivity index (χ4v) is 2.88. The second-order valence-electron chi connectivity index (χ2n) is 6.47. The Morgan fingerprint density at radius 2 is 1.92 bits per heavy atom. The zero-order valence-corrected chi connectivity index (χ0v) is 15.0. The van der Waals surface area contributed by atoms with Crippen LogP contribution in [0.3, 0.4) is 0 Å². The van der Waals surface area contributed by atoms with E-state index in [1.54, 1.807) is 10.9 Å². The Kier molecular flexibility index (Phi) is 4.41. The van der Waals surface area contributed by atoms with Gasteiger partial charge in [-0.05, 0) is 12.0 Å². The molecular weight excluding hydrogens is 324 g/mol. The average Bonchev–Trinajstić information content (AvgIpc) is 2.85. The van der Waals surface area contributed by atoms with Gasteiger partial charge >= 0.3 is 0 Å². The molecule has 0 fully saturated rings. The Morgan fingerprint density at radius 3 is 2.54 bits per heavy atom. The van der Waals surface area contributed by atoms with Crippen LogP contribution in [-0.2, 0) is 6.54 Å².